The minimum atomic E-state index is 0.0640. The number of pyridine rings is 1. The summed E-state index contributed by atoms with van der Waals surface area (Å²) in [5.74, 6) is 0. The molecule has 2 heterocycles. The van der Waals surface area contributed by atoms with Crippen molar-refractivity contribution in [2.45, 2.75) is 25.7 Å². The molecule has 23 heavy (non-hydrogen) atoms. The molecule has 0 atom stereocenters. The van der Waals surface area contributed by atoms with E-state index in [0.717, 1.165) is 45.3 Å². The van der Waals surface area contributed by atoms with E-state index in [0.29, 0.717) is 6.61 Å². The van der Waals surface area contributed by atoms with Gasteiger partial charge in [-0.1, -0.05) is 30.3 Å². The molecule has 1 aromatic heterocycles. The Labute approximate surface area is 139 Å². The van der Waals surface area contributed by atoms with Crippen molar-refractivity contribution in [3.8, 4) is 0 Å². The second-order valence-electron chi connectivity index (χ2n) is 6.77. The number of hydrogen-bond donors (Lipinski definition) is 1. The maximum Gasteiger partial charge on any atom is 0.0491 e. The van der Waals surface area contributed by atoms with Crippen molar-refractivity contribution in [1.29, 1.82) is 0 Å². The highest BCUT2D eigenvalue weighted by atomic mass is 16.3. The molecule has 122 valence electrons. The van der Waals surface area contributed by atoms with Gasteiger partial charge in [0.25, 0.3) is 0 Å². The van der Waals surface area contributed by atoms with E-state index in [-0.39, 0.29) is 5.41 Å². The quantitative estimate of drug-likeness (QED) is 0.891. The van der Waals surface area contributed by atoms with E-state index in [1.54, 1.807) is 0 Å². The molecule has 0 bridgehead atoms. The summed E-state index contributed by atoms with van der Waals surface area (Å²) in [5.41, 5.74) is 2.75. The fourth-order valence-corrected chi connectivity index (χ4v) is 3.51. The Morgan fingerprint density at radius 2 is 1.65 bits per heavy atom. The summed E-state index contributed by atoms with van der Waals surface area (Å²) in [6, 6.07) is 14.8. The third kappa shape index (κ3) is 4.40. The predicted octanol–water partition coefficient (Wildman–Crippen LogP) is 2.94. The van der Waals surface area contributed by atoms with Gasteiger partial charge in [-0.05, 0) is 67.4 Å². The molecule has 1 aliphatic rings. The fourth-order valence-electron chi connectivity index (χ4n) is 3.51. The number of hydrogen-bond acceptors (Lipinski definition) is 3. The highest BCUT2D eigenvalue weighted by molar-refractivity contribution is 5.17. The normalized spacial score (nSPS) is 18.0. The largest absolute Gasteiger partial charge is 0.396 e. The number of aliphatic hydroxyl groups is 1. The molecular formula is C20H26N2O. The van der Waals surface area contributed by atoms with Crippen molar-refractivity contribution in [1.82, 2.24) is 9.88 Å². The Morgan fingerprint density at radius 1 is 0.957 bits per heavy atom. The van der Waals surface area contributed by atoms with E-state index in [2.05, 4.69) is 52.3 Å². The lowest BCUT2D eigenvalue weighted by atomic mass is 9.74. The van der Waals surface area contributed by atoms with E-state index in [1.165, 1.54) is 11.1 Å². The molecule has 1 N–H and O–H groups in total. The Bertz CT molecular complexity index is 577. The Hall–Kier alpha value is -1.71. The zero-order chi connectivity index (χ0) is 16.0. The van der Waals surface area contributed by atoms with Crippen LogP contribution in [0.25, 0.3) is 0 Å². The van der Waals surface area contributed by atoms with Crippen LogP contribution in [0.4, 0.5) is 0 Å². The van der Waals surface area contributed by atoms with Gasteiger partial charge in [0.2, 0.25) is 0 Å². The van der Waals surface area contributed by atoms with Crippen molar-refractivity contribution in [2.75, 3.05) is 26.2 Å². The second kappa shape index (κ2) is 7.71. The first-order valence-corrected chi connectivity index (χ1v) is 8.56. The van der Waals surface area contributed by atoms with Gasteiger partial charge in [-0.3, -0.25) is 4.98 Å². The SMILES string of the molecule is OCC1(Cc2ccccc2)CCN(CCc2ccncc2)CC1. The van der Waals surface area contributed by atoms with Crippen LogP contribution in [-0.4, -0.2) is 41.2 Å². The molecular weight excluding hydrogens is 284 g/mol. The first-order chi connectivity index (χ1) is 11.3. The van der Waals surface area contributed by atoms with Crippen LogP contribution in [0.5, 0.6) is 0 Å². The molecule has 3 heteroatoms. The lowest BCUT2D eigenvalue weighted by molar-refractivity contribution is 0.0446. The number of benzene rings is 1. The molecule has 0 saturated carbocycles. The molecule has 0 unspecified atom stereocenters. The molecule has 1 saturated heterocycles. The number of aliphatic hydroxyl groups excluding tert-OH is 1. The number of nitrogens with zero attached hydrogens (tertiary/aromatic N) is 2. The minimum Gasteiger partial charge on any atom is -0.396 e. The summed E-state index contributed by atoms with van der Waals surface area (Å²) < 4.78 is 0. The first kappa shape index (κ1) is 16.2. The van der Waals surface area contributed by atoms with Crippen LogP contribution in [0.1, 0.15) is 24.0 Å². The van der Waals surface area contributed by atoms with Crippen molar-refractivity contribution in [2.24, 2.45) is 5.41 Å². The molecule has 0 radical (unpaired) electrons. The highest BCUT2D eigenvalue weighted by Gasteiger charge is 2.33. The zero-order valence-electron chi connectivity index (χ0n) is 13.7. The molecule has 1 aromatic carbocycles. The summed E-state index contributed by atoms with van der Waals surface area (Å²) in [6.07, 6.45) is 7.95. The predicted molar refractivity (Wildman–Crippen MR) is 93.3 cm³/mol. The van der Waals surface area contributed by atoms with E-state index >= 15 is 0 Å². The fraction of sp³-hybridized carbons (Fsp3) is 0.450. The average molecular weight is 310 g/mol. The Kier molecular flexibility index (Phi) is 5.42. The van der Waals surface area contributed by atoms with Crippen LogP contribution < -0.4 is 0 Å². The van der Waals surface area contributed by atoms with Gasteiger partial charge in [-0.15, -0.1) is 0 Å². The lowest BCUT2D eigenvalue weighted by Gasteiger charge is -2.41. The van der Waals surface area contributed by atoms with Crippen molar-refractivity contribution >= 4 is 0 Å². The van der Waals surface area contributed by atoms with Crippen molar-refractivity contribution in [3.63, 3.8) is 0 Å². The van der Waals surface area contributed by atoms with Crippen molar-refractivity contribution < 1.29 is 5.11 Å². The Morgan fingerprint density at radius 3 is 2.30 bits per heavy atom. The van der Waals surface area contributed by atoms with Crippen LogP contribution >= 0.6 is 0 Å². The smallest absolute Gasteiger partial charge is 0.0491 e. The van der Waals surface area contributed by atoms with Crippen molar-refractivity contribution in [3.05, 3.63) is 66.0 Å². The summed E-state index contributed by atoms with van der Waals surface area (Å²) >= 11 is 0. The standard InChI is InChI=1S/C20H26N2O/c23-17-20(16-19-4-2-1-3-5-19)9-14-22(15-10-20)13-8-18-6-11-21-12-7-18/h1-7,11-12,23H,8-10,13-17H2. The van der Waals surface area contributed by atoms with Gasteiger partial charge >= 0.3 is 0 Å². The number of rotatable bonds is 6. The van der Waals surface area contributed by atoms with Crippen LogP contribution in [0.2, 0.25) is 0 Å². The minimum absolute atomic E-state index is 0.0640. The van der Waals surface area contributed by atoms with Crippen LogP contribution in [0.15, 0.2) is 54.9 Å². The zero-order valence-corrected chi connectivity index (χ0v) is 13.7. The van der Waals surface area contributed by atoms with E-state index < -0.39 is 0 Å². The molecule has 0 aliphatic carbocycles. The van der Waals surface area contributed by atoms with Crippen LogP contribution in [-0.2, 0) is 12.8 Å². The van der Waals surface area contributed by atoms with Crippen LogP contribution in [0.3, 0.4) is 0 Å². The topological polar surface area (TPSA) is 36.4 Å². The molecule has 1 aliphatic heterocycles. The second-order valence-corrected chi connectivity index (χ2v) is 6.77. The summed E-state index contributed by atoms with van der Waals surface area (Å²) in [7, 11) is 0. The molecule has 0 amide bonds. The molecule has 1 fully saturated rings. The van der Waals surface area contributed by atoms with Gasteiger partial charge in [0.05, 0.1) is 0 Å². The maximum absolute atomic E-state index is 9.97. The van der Waals surface area contributed by atoms with E-state index in [4.69, 9.17) is 0 Å². The number of likely N-dealkylation sites (tertiary alicyclic amines) is 1. The van der Waals surface area contributed by atoms with Crippen LogP contribution in [0, 0.1) is 5.41 Å². The number of aromatic nitrogens is 1. The first-order valence-electron chi connectivity index (χ1n) is 8.56. The van der Waals surface area contributed by atoms with E-state index in [9.17, 15) is 5.11 Å². The van der Waals surface area contributed by atoms with E-state index in [1.807, 2.05) is 12.4 Å². The molecule has 2 aromatic rings. The molecule has 3 nitrogen and oxygen atoms in total. The summed E-state index contributed by atoms with van der Waals surface area (Å²) in [6.45, 7) is 3.55. The average Bonchev–Trinajstić information content (AvgIpc) is 2.63. The maximum atomic E-state index is 9.97. The van der Waals surface area contributed by atoms with Gasteiger partial charge in [0, 0.05) is 25.5 Å². The summed E-state index contributed by atoms with van der Waals surface area (Å²) in [5, 5.41) is 9.97. The van der Waals surface area contributed by atoms with Gasteiger partial charge in [-0.25, -0.2) is 0 Å². The molecule has 3 rings (SSSR count). The third-order valence-corrected chi connectivity index (χ3v) is 5.14. The highest BCUT2D eigenvalue weighted by Crippen LogP contribution is 2.34. The molecule has 0 spiro atoms. The lowest BCUT2D eigenvalue weighted by Crippen LogP contribution is -2.43. The van der Waals surface area contributed by atoms with Gasteiger partial charge in [-0.2, -0.15) is 0 Å². The number of piperidine rings is 1. The summed E-state index contributed by atoms with van der Waals surface area (Å²) in [4.78, 5) is 6.60. The van der Waals surface area contributed by atoms with Gasteiger partial charge < -0.3 is 10.0 Å². The third-order valence-electron chi connectivity index (χ3n) is 5.14. The van der Waals surface area contributed by atoms with Gasteiger partial charge in [0.15, 0.2) is 0 Å². The Balaban J connectivity index is 1.52. The monoisotopic (exact) mass is 310 g/mol. The van der Waals surface area contributed by atoms with Gasteiger partial charge in [0.1, 0.15) is 0 Å².